The van der Waals surface area contributed by atoms with Crippen LogP contribution in [0.5, 0.6) is 0 Å². The lowest BCUT2D eigenvalue weighted by Gasteiger charge is -1.87. The molecule has 4 nitrogen and oxygen atoms in total. The van der Waals surface area contributed by atoms with Gasteiger partial charge in [0, 0.05) is 4.92 Å². The van der Waals surface area contributed by atoms with Gasteiger partial charge in [0.15, 0.2) is 0 Å². The second-order valence-electron chi connectivity index (χ2n) is 0.874. The fourth-order valence-corrected chi connectivity index (χ4v) is 0.218. The first-order valence-corrected chi connectivity index (χ1v) is 2.19. The highest BCUT2D eigenvalue weighted by Gasteiger charge is 1.88. The highest BCUT2D eigenvalue weighted by Crippen LogP contribution is 1.65. The molecule has 0 fully saturated rings. The third-order valence-corrected chi connectivity index (χ3v) is 0.524. The van der Waals surface area contributed by atoms with Crippen LogP contribution in [0.4, 0.5) is 0 Å². The van der Waals surface area contributed by atoms with Gasteiger partial charge in [-0.2, -0.15) is 0 Å². The van der Waals surface area contributed by atoms with E-state index in [0.29, 0.717) is 0 Å². The van der Waals surface area contributed by atoms with Crippen molar-refractivity contribution in [1.82, 2.24) is 5.32 Å². The molecule has 0 aliphatic carbocycles. The molecule has 7 heavy (non-hydrogen) atoms. The van der Waals surface area contributed by atoms with Crippen molar-refractivity contribution in [1.29, 1.82) is 0 Å². The lowest BCUT2D eigenvalue weighted by atomic mass is 11.1. The molecule has 0 atom stereocenters. The Morgan fingerprint density at radius 3 is 2.57 bits per heavy atom. The zero-order valence-corrected chi connectivity index (χ0v) is 4.31. The maximum Gasteiger partial charge on any atom is 0.257 e. The Balaban J connectivity index is 2.82. The number of nitro groups is 1. The van der Waals surface area contributed by atoms with Gasteiger partial charge >= 0.3 is 0 Å². The molecule has 0 amide bonds. The Kier molecular flexibility index (Phi) is 3.64. The van der Waals surface area contributed by atoms with Crippen LogP contribution in [0.15, 0.2) is 0 Å². The van der Waals surface area contributed by atoms with E-state index in [0.717, 1.165) is 0 Å². The van der Waals surface area contributed by atoms with Crippen molar-refractivity contribution in [2.24, 2.45) is 0 Å². The van der Waals surface area contributed by atoms with Crippen LogP contribution in [-0.4, -0.2) is 17.6 Å². The minimum absolute atomic E-state index is 0.126. The van der Waals surface area contributed by atoms with Crippen LogP contribution in [0.3, 0.4) is 0 Å². The third kappa shape index (κ3) is 5.65. The highest BCUT2D eigenvalue weighted by atomic mass is 35.5. The molecular formula is C2H5ClN2O2. The van der Waals surface area contributed by atoms with E-state index in [2.05, 4.69) is 5.32 Å². The molecule has 0 bridgehead atoms. The largest absolute Gasteiger partial charge is 0.263 e. The van der Waals surface area contributed by atoms with Gasteiger partial charge < -0.3 is 0 Å². The van der Waals surface area contributed by atoms with Crippen molar-refractivity contribution < 1.29 is 4.92 Å². The molecule has 5 heteroatoms. The van der Waals surface area contributed by atoms with Crippen LogP contribution in [0.25, 0.3) is 0 Å². The van der Waals surface area contributed by atoms with E-state index in [4.69, 9.17) is 11.6 Å². The van der Waals surface area contributed by atoms with Crippen molar-refractivity contribution in [3.63, 3.8) is 0 Å². The van der Waals surface area contributed by atoms with E-state index in [-0.39, 0.29) is 12.7 Å². The lowest BCUT2D eigenvalue weighted by Crippen LogP contribution is -2.19. The van der Waals surface area contributed by atoms with Gasteiger partial charge in [-0.15, -0.1) is 11.6 Å². The number of nitrogens with one attached hydrogen (secondary N) is 1. The summed E-state index contributed by atoms with van der Waals surface area (Å²) in [6.07, 6.45) is 0. The summed E-state index contributed by atoms with van der Waals surface area (Å²) < 4.78 is 0. The zero-order chi connectivity index (χ0) is 5.70. The number of hydrogen-bond donors (Lipinski definition) is 1. The molecule has 0 saturated carbocycles. The minimum atomic E-state index is -0.484. The Morgan fingerprint density at radius 1 is 1.86 bits per heavy atom. The van der Waals surface area contributed by atoms with Crippen molar-refractivity contribution in [3.8, 4) is 0 Å². The fraction of sp³-hybridized carbons (Fsp3) is 1.00. The van der Waals surface area contributed by atoms with Gasteiger partial charge in [0.1, 0.15) is 0 Å². The maximum absolute atomic E-state index is 9.44. The first-order valence-electron chi connectivity index (χ1n) is 1.66. The number of halogens is 1. The predicted molar refractivity (Wildman–Crippen MR) is 25.7 cm³/mol. The lowest BCUT2D eigenvalue weighted by molar-refractivity contribution is -0.485. The van der Waals surface area contributed by atoms with E-state index in [1.165, 1.54) is 0 Å². The zero-order valence-electron chi connectivity index (χ0n) is 3.56. The summed E-state index contributed by atoms with van der Waals surface area (Å²) in [5, 5.41) is 11.8. The summed E-state index contributed by atoms with van der Waals surface area (Å²) in [7, 11) is 0. The maximum atomic E-state index is 9.44. The van der Waals surface area contributed by atoms with Crippen LogP contribution in [-0.2, 0) is 0 Å². The number of rotatable bonds is 3. The summed E-state index contributed by atoms with van der Waals surface area (Å²) >= 11 is 5.03. The van der Waals surface area contributed by atoms with Crippen LogP contribution in [0.2, 0.25) is 0 Å². The molecule has 0 aromatic heterocycles. The second kappa shape index (κ2) is 3.83. The standard InChI is InChI=1S/C2H5ClN2O2/c3-1-4-2-5(6)7/h4H,1-2H2. The molecule has 0 aliphatic rings. The number of alkyl halides is 1. The summed E-state index contributed by atoms with van der Waals surface area (Å²) in [5.74, 6) is 0. The average molecular weight is 125 g/mol. The molecule has 0 aromatic rings. The van der Waals surface area contributed by atoms with Gasteiger partial charge in [0.2, 0.25) is 0 Å². The van der Waals surface area contributed by atoms with Crippen molar-refractivity contribution in [2.45, 2.75) is 0 Å². The van der Waals surface area contributed by atoms with Crippen LogP contribution >= 0.6 is 11.6 Å². The van der Waals surface area contributed by atoms with Crippen LogP contribution in [0, 0.1) is 10.1 Å². The summed E-state index contributed by atoms with van der Waals surface area (Å²) in [5.41, 5.74) is 0. The predicted octanol–water partition coefficient (Wildman–Crippen LogP) is 0.00650. The molecule has 0 saturated heterocycles. The average Bonchev–Trinajstić information content (AvgIpc) is 1.61. The molecule has 42 valence electrons. The van der Waals surface area contributed by atoms with Crippen LogP contribution < -0.4 is 5.32 Å². The molecular weight excluding hydrogens is 119 g/mol. The van der Waals surface area contributed by atoms with Gasteiger partial charge in [0.05, 0.1) is 6.00 Å². The van der Waals surface area contributed by atoms with Gasteiger partial charge in [-0.3, -0.25) is 10.1 Å². The molecule has 0 unspecified atom stereocenters. The SMILES string of the molecule is O=[N+]([O-])CNCCl. The fourth-order valence-electron chi connectivity index (χ4n) is 0.134. The highest BCUT2D eigenvalue weighted by molar-refractivity contribution is 6.17. The van der Waals surface area contributed by atoms with Gasteiger partial charge in [0.25, 0.3) is 6.67 Å². The minimum Gasteiger partial charge on any atom is -0.263 e. The molecule has 0 spiro atoms. The van der Waals surface area contributed by atoms with E-state index in [9.17, 15) is 10.1 Å². The first kappa shape index (κ1) is 6.65. The molecule has 0 heterocycles. The van der Waals surface area contributed by atoms with E-state index >= 15 is 0 Å². The molecule has 0 aliphatic heterocycles. The summed E-state index contributed by atoms with van der Waals surface area (Å²) in [6, 6.07) is 0.126. The smallest absolute Gasteiger partial charge is 0.257 e. The van der Waals surface area contributed by atoms with E-state index < -0.39 is 4.92 Å². The number of hydrogen-bond acceptors (Lipinski definition) is 3. The molecule has 0 aromatic carbocycles. The normalized spacial score (nSPS) is 8.71. The van der Waals surface area contributed by atoms with E-state index in [1.807, 2.05) is 0 Å². The van der Waals surface area contributed by atoms with Crippen molar-refractivity contribution in [2.75, 3.05) is 12.7 Å². The quantitative estimate of drug-likeness (QED) is 0.190. The van der Waals surface area contributed by atoms with E-state index in [1.54, 1.807) is 0 Å². The Labute approximate surface area is 45.6 Å². The van der Waals surface area contributed by atoms with Gasteiger partial charge in [-0.05, 0) is 0 Å². The van der Waals surface area contributed by atoms with Gasteiger partial charge in [-0.25, -0.2) is 5.32 Å². The van der Waals surface area contributed by atoms with Crippen molar-refractivity contribution >= 4 is 11.6 Å². The monoisotopic (exact) mass is 124 g/mol. The molecule has 0 rings (SSSR count). The van der Waals surface area contributed by atoms with Gasteiger partial charge in [-0.1, -0.05) is 0 Å². The molecule has 1 N–H and O–H groups in total. The van der Waals surface area contributed by atoms with Crippen molar-refractivity contribution in [3.05, 3.63) is 10.1 Å². The molecule has 0 radical (unpaired) electrons. The summed E-state index contributed by atoms with van der Waals surface area (Å²) in [6.45, 7) is -0.260. The second-order valence-corrected chi connectivity index (χ2v) is 1.14. The summed E-state index contributed by atoms with van der Waals surface area (Å²) in [4.78, 5) is 8.96. The first-order chi connectivity index (χ1) is 3.27. The Bertz CT molecular complexity index is 66.7. The topological polar surface area (TPSA) is 55.2 Å². The Morgan fingerprint density at radius 2 is 2.43 bits per heavy atom. The number of nitrogens with zero attached hydrogens (tertiary/aromatic N) is 1. The Hall–Kier alpha value is -0.350. The third-order valence-electron chi connectivity index (χ3n) is 0.335. The van der Waals surface area contributed by atoms with Crippen LogP contribution in [0.1, 0.15) is 0 Å².